The van der Waals surface area contributed by atoms with Gasteiger partial charge in [0.1, 0.15) is 6.26 Å². The highest BCUT2D eigenvalue weighted by Gasteiger charge is 2.14. The van der Waals surface area contributed by atoms with Crippen LogP contribution in [0, 0.1) is 24.0 Å². The zero-order valence-electron chi connectivity index (χ0n) is 15.1. The molecule has 3 rings (SSSR count). The molecule has 0 saturated heterocycles. The summed E-state index contributed by atoms with van der Waals surface area (Å²) in [5, 5.41) is 13.6. The maximum atomic E-state index is 12.2. The van der Waals surface area contributed by atoms with Gasteiger partial charge in [-0.2, -0.15) is 0 Å². The molecule has 0 radical (unpaired) electrons. The summed E-state index contributed by atoms with van der Waals surface area (Å²) in [6.07, 6.45) is 2.10. The smallest absolute Gasteiger partial charge is 0.272 e. The number of nitrogens with zero attached hydrogens (tertiary/aromatic N) is 2. The van der Waals surface area contributed by atoms with Gasteiger partial charge >= 0.3 is 0 Å². The molecule has 3 aromatic rings. The molecule has 0 atom stereocenters. The monoisotopic (exact) mass is 365 g/mol. The highest BCUT2D eigenvalue weighted by atomic mass is 16.6. The lowest BCUT2D eigenvalue weighted by molar-refractivity contribution is -0.385. The average Bonchev–Trinajstić information content (AvgIpc) is 3.10. The van der Waals surface area contributed by atoms with Gasteiger partial charge in [-0.15, -0.1) is 0 Å². The number of oxazole rings is 1. The summed E-state index contributed by atoms with van der Waals surface area (Å²) in [7, 11) is 0. The second kappa shape index (κ2) is 7.82. The summed E-state index contributed by atoms with van der Waals surface area (Å²) in [6, 6.07) is 12.2. The van der Waals surface area contributed by atoms with Gasteiger partial charge in [0, 0.05) is 35.7 Å². The van der Waals surface area contributed by atoms with Crippen molar-refractivity contribution in [3.63, 3.8) is 0 Å². The van der Waals surface area contributed by atoms with Crippen LogP contribution in [0.15, 0.2) is 53.1 Å². The van der Waals surface area contributed by atoms with Crippen molar-refractivity contribution in [2.75, 3.05) is 6.54 Å². The normalized spacial score (nSPS) is 10.6. The molecule has 7 nitrogen and oxygen atoms in total. The van der Waals surface area contributed by atoms with Crippen molar-refractivity contribution < 1.29 is 14.1 Å². The van der Waals surface area contributed by atoms with Gasteiger partial charge in [-0.3, -0.25) is 14.9 Å². The van der Waals surface area contributed by atoms with Gasteiger partial charge in [0.25, 0.3) is 11.6 Å². The van der Waals surface area contributed by atoms with Crippen molar-refractivity contribution in [3.05, 3.63) is 81.2 Å². The van der Waals surface area contributed by atoms with Crippen LogP contribution < -0.4 is 5.32 Å². The average molecular weight is 365 g/mol. The minimum atomic E-state index is -0.465. The fraction of sp³-hybridized carbons (Fsp3) is 0.200. The Balaban J connectivity index is 1.57. The van der Waals surface area contributed by atoms with Crippen molar-refractivity contribution in [3.8, 4) is 11.5 Å². The van der Waals surface area contributed by atoms with Crippen LogP contribution >= 0.6 is 0 Å². The predicted molar refractivity (Wildman–Crippen MR) is 101 cm³/mol. The number of aryl methyl sites for hydroxylation is 2. The van der Waals surface area contributed by atoms with E-state index in [0.717, 1.165) is 16.8 Å². The molecule has 0 spiro atoms. The third kappa shape index (κ3) is 4.38. The molecule has 0 aliphatic carbocycles. The number of hydrogen-bond acceptors (Lipinski definition) is 5. The maximum Gasteiger partial charge on any atom is 0.272 e. The summed E-state index contributed by atoms with van der Waals surface area (Å²) in [5.41, 5.74) is 3.64. The first-order valence-corrected chi connectivity index (χ1v) is 8.49. The maximum absolute atomic E-state index is 12.2. The summed E-state index contributed by atoms with van der Waals surface area (Å²) in [6.45, 7) is 4.01. The lowest BCUT2D eigenvalue weighted by Gasteiger charge is -2.05. The Hall–Kier alpha value is -3.48. The SMILES string of the molecule is Cc1ccc(-c2nc(CCNC(=O)c3ccc([N+](=O)[O-])c(C)c3)co2)cc1. The van der Waals surface area contributed by atoms with E-state index < -0.39 is 4.92 Å². The summed E-state index contributed by atoms with van der Waals surface area (Å²) in [4.78, 5) is 27.0. The number of benzene rings is 2. The summed E-state index contributed by atoms with van der Waals surface area (Å²) < 4.78 is 5.50. The molecular formula is C20H19N3O4. The molecule has 138 valence electrons. The molecule has 0 unspecified atom stereocenters. The first-order valence-electron chi connectivity index (χ1n) is 8.49. The number of nitro benzene ring substituents is 1. The fourth-order valence-corrected chi connectivity index (χ4v) is 2.66. The number of carbonyl (C=O) groups is 1. The highest BCUT2D eigenvalue weighted by molar-refractivity contribution is 5.94. The Kier molecular flexibility index (Phi) is 5.30. The van der Waals surface area contributed by atoms with Crippen molar-refractivity contribution in [2.24, 2.45) is 0 Å². The lowest BCUT2D eigenvalue weighted by Crippen LogP contribution is -2.25. The Morgan fingerprint density at radius 3 is 2.59 bits per heavy atom. The molecule has 27 heavy (non-hydrogen) atoms. The van der Waals surface area contributed by atoms with Crippen LogP contribution in [0.2, 0.25) is 0 Å². The number of aromatic nitrogens is 1. The van der Waals surface area contributed by atoms with E-state index in [1.807, 2.05) is 31.2 Å². The zero-order valence-corrected chi connectivity index (χ0v) is 15.1. The van der Waals surface area contributed by atoms with Crippen LogP contribution in [0.5, 0.6) is 0 Å². The molecule has 0 aliphatic rings. The molecule has 7 heteroatoms. The Morgan fingerprint density at radius 1 is 1.19 bits per heavy atom. The van der Waals surface area contributed by atoms with Gasteiger partial charge in [0.15, 0.2) is 0 Å². The number of nitrogens with one attached hydrogen (secondary N) is 1. The molecule has 0 aliphatic heterocycles. The van der Waals surface area contributed by atoms with Crippen LogP contribution in [0.25, 0.3) is 11.5 Å². The van der Waals surface area contributed by atoms with Gasteiger partial charge in [-0.1, -0.05) is 17.7 Å². The number of carbonyl (C=O) groups excluding carboxylic acids is 1. The van der Waals surface area contributed by atoms with Gasteiger partial charge in [0.05, 0.1) is 10.6 Å². The van der Waals surface area contributed by atoms with E-state index in [2.05, 4.69) is 10.3 Å². The standard InChI is InChI=1S/C20H19N3O4/c1-13-3-5-15(6-4-13)20-22-17(12-27-20)9-10-21-19(24)16-7-8-18(23(25)26)14(2)11-16/h3-8,11-12H,9-10H2,1-2H3,(H,21,24). The summed E-state index contributed by atoms with van der Waals surface area (Å²) in [5.74, 6) is 0.262. The predicted octanol–water partition coefficient (Wildman–Crippen LogP) is 3.84. The van der Waals surface area contributed by atoms with Crippen LogP contribution in [0.1, 0.15) is 27.2 Å². The third-order valence-corrected chi connectivity index (χ3v) is 4.17. The number of rotatable bonds is 6. The van der Waals surface area contributed by atoms with Gasteiger partial charge in [-0.25, -0.2) is 4.98 Å². The topological polar surface area (TPSA) is 98.3 Å². The van der Waals surface area contributed by atoms with Crippen LogP contribution in [-0.4, -0.2) is 22.4 Å². The number of hydrogen-bond donors (Lipinski definition) is 1. The van der Waals surface area contributed by atoms with Crippen LogP contribution in [0.4, 0.5) is 5.69 Å². The number of nitro groups is 1. The Bertz CT molecular complexity index is 977. The van der Waals surface area contributed by atoms with Crippen LogP contribution in [-0.2, 0) is 6.42 Å². The lowest BCUT2D eigenvalue weighted by atomic mass is 10.1. The van der Waals surface area contributed by atoms with Crippen molar-refractivity contribution in [1.29, 1.82) is 0 Å². The first-order chi connectivity index (χ1) is 12.9. The quantitative estimate of drug-likeness (QED) is 0.529. The molecular weight excluding hydrogens is 346 g/mol. The zero-order chi connectivity index (χ0) is 19.4. The molecule has 1 amide bonds. The minimum Gasteiger partial charge on any atom is -0.444 e. The fourth-order valence-electron chi connectivity index (χ4n) is 2.66. The van der Waals surface area contributed by atoms with Gasteiger partial charge < -0.3 is 9.73 Å². The van der Waals surface area contributed by atoms with Gasteiger partial charge in [0.2, 0.25) is 5.89 Å². The van der Waals surface area contributed by atoms with Crippen molar-refractivity contribution >= 4 is 11.6 Å². The van der Waals surface area contributed by atoms with Crippen LogP contribution in [0.3, 0.4) is 0 Å². The first kappa shape index (κ1) is 18.3. The second-order valence-electron chi connectivity index (χ2n) is 6.27. The van der Waals surface area contributed by atoms with Crippen molar-refractivity contribution in [1.82, 2.24) is 10.3 Å². The Labute approximate surface area is 156 Å². The van der Waals surface area contributed by atoms with E-state index in [9.17, 15) is 14.9 Å². The molecule has 0 bridgehead atoms. The Morgan fingerprint density at radius 2 is 1.93 bits per heavy atom. The van der Waals surface area contributed by atoms with E-state index in [1.165, 1.54) is 18.2 Å². The largest absolute Gasteiger partial charge is 0.444 e. The molecule has 1 heterocycles. The molecule has 2 aromatic carbocycles. The molecule has 1 aromatic heterocycles. The highest BCUT2D eigenvalue weighted by Crippen LogP contribution is 2.20. The molecule has 0 fully saturated rings. The van der Waals surface area contributed by atoms with E-state index in [0.29, 0.717) is 30.0 Å². The van der Waals surface area contributed by atoms with E-state index in [1.54, 1.807) is 13.2 Å². The second-order valence-corrected chi connectivity index (χ2v) is 6.27. The summed E-state index contributed by atoms with van der Waals surface area (Å²) >= 11 is 0. The minimum absolute atomic E-state index is 0.00205. The molecule has 0 saturated carbocycles. The van der Waals surface area contributed by atoms with E-state index in [-0.39, 0.29) is 11.6 Å². The molecule has 1 N–H and O–H groups in total. The van der Waals surface area contributed by atoms with Gasteiger partial charge in [-0.05, 0) is 38.1 Å². The van der Waals surface area contributed by atoms with E-state index >= 15 is 0 Å². The van der Waals surface area contributed by atoms with Crippen molar-refractivity contribution in [2.45, 2.75) is 20.3 Å². The van der Waals surface area contributed by atoms with E-state index in [4.69, 9.17) is 4.42 Å². The number of amides is 1. The third-order valence-electron chi connectivity index (χ3n) is 4.17.